The standard InChI is InChI=1S/C39H29N5O4S/c1-47-32-21-16-29(17-22-32)37-34(24-44(43-37)31-11-3-2-4-12-31)38-41-42-39(48-38)49-25-36(46)40-30-19-14-28(15-20-30)35(45)23-18-27-10-7-9-26-8-5-6-13-33(26)27/h2-24H,25H2,1H3,(H,40,46)/b23-18+. The number of hydrogen-bond acceptors (Lipinski definition) is 8. The molecule has 240 valence electrons. The Morgan fingerprint density at radius 2 is 1.61 bits per heavy atom. The summed E-state index contributed by atoms with van der Waals surface area (Å²) in [6.07, 6.45) is 5.24. The number of amides is 1. The summed E-state index contributed by atoms with van der Waals surface area (Å²) in [7, 11) is 1.62. The molecule has 0 saturated carbocycles. The van der Waals surface area contributed by atoms with Gasteiger partial charge in [0, 0.05) is 23.0 Å². The zero-order valence-electron chi connectivity index (χ0n) is 26.3. The van der Waals surface area contributed by atoms with Gasteiger partial charge in [0.05, 0.1) is 24.1 Å². The van der Waals surface area contributed by atoms with Crippen LogP contribution in [0.1, 0.15) is 15.9 Å². The third-order valence-corrected chi connectivity index (χ3v) is 8.57. The van der Waals surface area contributed by atoms with Crippen LogP contribution in [0.25, 0.3) is 45.2 Å². The summed E-state index contributed by atoms with van der Waals surface area (Å²) >= 11 is 1.13. The molecule has 49 heavy (non-hydrogen) atoms. The van der Waals surface area contributed by atoms with Crippen LogP contribution >= 0.6 is 11.8 Å². The molecule has 1 amide bonds. The first-order valence-corrected chi connectivity index (χ1v) is 16.4. The summed E-state index contributed by atoms with van der Waals surface area (Å²) in [5.74, 6) is 0.682. The molecule has 2 aromatic heterocycles. The number of para-hydroxylation sites is 1. The number of rotatable bonds is 11. The summed E-state index contributed by atoms with van der Waals surface area (Å²) in [5, 5.41) is 18.6. The van der Waals surface area contributed by atoms with E-state index in [0.29, 0.717) is 22.5 Å². The minimum absolute atomic E-state index is 0.0463. The van der Waals surface area contributed by atoms with E-state index in [-0.39, 0.29) is 28.6 Å². The fourth-order valence-electron chi connectivity index (χ4n) is 5.28. The molecule has 0 atom stereocenters. The highest BCUT2D eigenvalue weighted by Crippen LogP contribution is 2.33. The molecule has 0 radical (unpaired) electrons. The smallest absolute Gasteiger partial charge is 0.277 e. The Morgan fingerprint density at radius 1 is 0.857 bits per heavy atom. The van der Waals surface area contributed by atoms with E-state index in [0.717, 1.165) is 45.1 Å². The van der Waals surface area contributed by atoms with E-state index in [1.807, 2.05) is 109 Å². The second-order valence-corrected chi connectivity index (χ2v) is 11.9. The number of aromatic nitrogens is 4. The molecule has 0 fully saturated rings. The molecule has 0 saturated heterocycles. The van der Waals surface area contributed by atoms with Gasteiger partial charge in [-0.05, 0) is 83.1 Å². The molecule has 1 N–H and O–H groups in total. The molecule has 0 bridgehead atoms. The van der Waals surface area contributed by atoms with Crippen LogP contribution in [0.15, 0.2) is 143 Å². The Labute approximate surface area is 286 Å². The van der Waals surface area contributed by atoms with Crippen LogP contribution in [0.5, 0.6) is 5.75 Å². The predicted molar refractivity (Wildman–Crippen MR) is 192 cm³/mol. The number of anilines is 1. The van der Waals surface area contributed by atoms with Gasteiger partial charge >= 0.3 is 0 Å². The highest BCUT2D eigenvalue weighted by molar-refractivity contribution is 7.99. The van der Waals surface area contributed by atoms with Gasteiger partial charge in [-0.3, -0.25) is 9.59 Å². The van der Waals surface area contributed by atoms with E-state index < -0.39 is 0 Å². The van der Waals surface area contributed by atoms with E-state index in [9.17, 15) is 9.59 Å². The fourth-order valence-corrected chi connectivity index (χ4v) is 5.85. The Bertz CT molecular complexity index is 2270. The molecule has 0 unspecified atom stereocenters. The lowest BCUT2D eigenvalue weighted by molar-refractivity contribution is -0.113. The average Bonchev–Trinajstić information content (AvgIpc) is 3.82. The van der Waals surface area contributed by atoms with Gasteiger partial charge in [0.1, 0.15) is 11.4 Å². The van der Waals surface area contributed by atoms with Gasteiger partial charge in [-0.2, -0.15) is 5.10 Å². The summed E-state index contributed by atoms with van der Waals surface area (Å²) in [6.45, 7) is 0. The number of thioether (sulfide) groups is 1. The Hall–Kier alpha value is -6.26. The van der Waals surface area contributed by atoms with Crippen molar-refractivity contribution in [2.24, 2.45) is 0 Å². The van der Waals surface area contributed by atoms with Crippen molar-refractivity contribution < 1.29 is 18.7 Å². The lowest BCUT2D eigenvalue weighted by atomic mass is 10.0. The zero-order valence-corrected chi connectivity index (χ0v) is 27.1. The van der Waals surface area contributed by atoms with Gasteiger partial charge in [0.15, 0.2) is 5.78 Å². The van der Waals surface area contributed by atoms with Crippen molar-refractivity contribution in [2.45, 2.75) is 5.22 Å². The maximum absolute atomic E-state index is 12.8. The monoisotopic (exact) mass is 663 g/mol. The van der Waals surface area contributed by atoms with E-state index in [4.69, 9.17) is 14.3 Å². The topological polar surface area (TPSA) is 112 Å². The average molecular weight is 664 g/mol. The fraction of sp³-hybridized carbons (Fsp3) is 0.0513. The van der Waals surface area contributed by atoms with Crippen molar-refractivity contribution in [3.05, 3.63) is 145 Å². The second-order valence-electron chi connectivity index (χ2n) is 11.0. The van der Waals surface area contributed by atoms with Crippen LogP contribution in [0.4, 0.5) is 5.69 Å². The van der Waals surface area contributed by atoms with Gasteiger partial charge in [0.2, 0.25) is 5.91 Å². The van der Waals surface area contributed by atoms with Gasteiger partial charge in [-0.1, -0.05) is 78.5 Å². The van der Waals surface area contributed by atoms with Crippen LogP contribution in [-0.2, 0) is 4.79 Å². The van der Waals surface area contributed by atoms with Gasteiger partial charge in [-0.25, -0.2) is 4.68 Å². The third-order valence-electron chi connectivity index (χ3n) is 7.75. The summed E-state index contributed by atoms with van der Waals surface area (Å²) in [6, 6.07) is 38.2. The second kappa shape index (κ2) is 14.2. The summed E-state index contributed by atoms with van der Waals surface area (Å²) < 4.78 is 13.1. The number of carbonyl (C=O) groups excluding carboxylic acids is 2. The number of hydrogen-bond donors (Lipinski definition) is 1. The van der Waals surface area contributed by atoms with Crippen molar-refractivity contribution in [1.82, 2.24) is 20.0 Å². The summed E-state index contributed by atoms with van der Waals surface area (Å²) in [4.78, 5) is 25.6. The highest BCUT2D eigenvalue weighted by Gasteiger charge is 2.20. The summed E-state index contributed by atoms with van der Waals surface area (Å²) in [5.41, 5.74) is 5.11. The number of carbonyl (C=O) groups is 2. The first-order chi connectivity index (χ1) is 24.0. The largest absolute Gasteiger partial charge is 0.497 e. The molecule has 0 aliphatic heterocycles. The normalized spacial score (nSPS) is 11.2. The van der Waals surface area contributed by atoms with Crippen molar-refractivity contribution >= 4 is 46.0 Å². The van der Waals surface area contributed by atoms with Crippen LogP contribution in [-0.4, -0.2) is 44.5 Å². The molecule has 0 spiro atoms. The number of methoxy groups -OCH3 is 1. The van der Waals surface area contributed by atoms with E-state index in [2.05, 4.69) is 15.5 Å². The molecule has 5 aromatic carbocycles. The molecule has 7 aromatic rings. The number of nitrogens with one attached hydrogen (secondary N) is 1. The first kappa shape index (κ1) is 31.3. The third kappa shape index (κ3) is 7.19. The first-order valence-electron chi connectivity index (χ1n) is 15.4. The number of fused-ring (bicyclic) bond motifs is 1. The van der Waals surface area contributed by atoms with E-state index >= 15 is 0 Å². The molecule has 9 nitrogen and oxygen atoms in total. The molecular weight excluding hydrogens is 635 g/mol. The minimum atomic E-state index is -0.254. The Morgan fingerprint density at radius 3 is 2.41 bits per heavy atom. The Kier molecular flexibility index (Phi) is 9.11. The molecule has 7 rings (SSSR count). The van der Waals surface area contributed by atoms with Crippen molar-refractivity contribution in [3.8, 4) is 34.1 Å². The van der Waals surface area contributed by atoms with Crippen LogP contribution < -0.4 is 10.1 Å². The maximum Gasteiger partial charge on any atom is 0.277 e. The number of ketones is 1. The number of nitrogens with zero attached hydrogens (tertiary/aromatic N) is 4. The molecule has 10 heteroatoms. The van der Waals surface area contributed by atoms with Crippen LogP contribution in [0.3, 0.4) is 0 Å². The molecule has 0 aliphatic rings. The quantitative estimate of drug-likeness (QED) is 0.0835. The van der Waals surface area contributed by atoms with Crippen molar-refractivity contribution in [2.75, 3.05) is 18.2 Å². The maximum atomic E-state index is 12.8. The molecule has 0 aliphatic carbocycles. The molecular formula is C39H29N5O4S. The van der Waals surface area contributed by atoms with Gasteiger partial charge < -0.3 is 14.5 Å². The van der Waals surface area contributed by atoms with Crippen molar-refractivity contribution in [1.29, 1.82) is 0 Å². The Balaban J connectivity index is 0.993. The van der Waals surface area contributed by atoms with Crippen LogP contribution in [0.2, 0.25) is 0 Å². The van der Waals surface area contributed by atoms with Gasteiger partial charge in [-0.15, -0.1) is 10.2 Å². The van der Waals surface area contributed by atoms with E-state index in [1.54, 1.807) is 42.1 Å². The number of benzene rings is 5. The van der Waals surface area contributed by atoms with E-state index in [1.165, 1.54) is 0 Å². The lowest BCUT2D eigenvalue weighted by Crippen LogP contribution is -2.14. The predicted octanol–water partition coefficient (Wildman–Crippen LogP) is 8.38. The van der Waals surface area contributed by atoms with Crippen LogP contribution in [0, 0.1) is 0 Å². The zero-order chi connectivity index (χ0) is 33.6. The highest BCUT2D eigenvalue weighted by atomic mass is 32.2. The number of ether oxygens (including phenoxy) is 1. The SMILES string of the molecule is COc1ccc(-c2nn(-c3ccccc3)cc2-c2nnc(SCC(=O)Nc3ccc(C(=O)/C=C/c4cccc5ccccc45)cc3)o2)cc1. The van der Waals surface area contributed by atoms with Gasteiger partial charge in [0.25, 0.3) is 11.1 Å². The van der Waals surface area contributed by atoms with Crippen molar-refractivity contribution in [3.63, 3.8) is 0 Å². The lowest BCUT2D eigenvalue weighted by Gasteiger charge is -2.05. The molecule has 2 heterocycles. The minimum Gasteiger partial charge on any atom is -0.497 e. The number of allylic oxidation sites excluding steroid dienone is 1.